The fourth-order valence-corrected chi connectivity index (χ4v) is 1.77. The standard InChI is InChI=1S/C16H25F2N3O2.HI/c1-3-23-10-4-9-19-16(21-12-15(17)18)20-11-13-5-7-14(22-2)8-6-13;/h5-8,15H,3-4,9-12H2,1-2H3,(H2,19,20,21);1H. The van der Waals surface area contributed by atoms with Crippen LogP contribution >= 0.6 is 24.0 Å². The van der Waals surface area contributed by atoms with Crippen molar-refractivity contribution >= 4 is 29.9 Å². The Morgan fingerprint density at radius 3 is 2.50 bits per heavy atom. The maximum Gasteiger partial charge on any atom is 0.255 e. The van der Waals surface area contributed by atoms with Gasteiger partial charge in [0.05, 0.1) is 20.2 Å². The SMILES string of the molecule is CCOCCCNC(=NCc1ccc(OC)cc1)NCC(F)F.I. The third kappa shape index (κ3) is 10.6. The Labute approximate surface area is 159 Å². The number of hydrogen-bond acceptors (Lipinski definition) is 3. The van der Waals surface area contributed by atoms with Gasteiger partial charge in [0.1, 0.15) is 5.75 Å². The first-order valence-corrected chi connectivity index (χ1v) is 7.66. The van der Waals surface area contributed by atoms with Gasteiger partial charge in [0.25, 0.3) is 6.43 Å². The molecule has 138 valence electrons. The Hall–Kier alpha value is -1.16. The summed E-state index contributed by atoms with van der Waals surface area (Å²) in [7, 11) is 1.60. The lowest BCUT2D eigenvalue weighted by molar-refractivity contribution is 0.145. The van der Waals surface area contributed by atoms with E-state index in [-0.39, 0.29) is 24.0 Å². The first-order chi connectivity index (χ1) is 11.2. The molecule has 0 aliphatic rings. The highest BCUT2D eigenvalue weighted by Gasteiger charge is 2.04. The van der Waals surface area contributed by atoms with Crippen molar-refractivity contribution in [2.24, 2.45) is 4.99 Å². The topological polar surface area (TPSA) is 54.9 Å². The molecule has 1 aromatic rings. The maximum atomic E-state index is 12.4. The van der Waals surface area contributed by atoms with Crippen molar-refractivity contribution in [3.05, 3.63) is 29.8 Å². The number of halogens is 3. The summed E-state index contributed by atoms with van der Waals surface area (Å²) < 4.78 is 35.0. The molecular formula is C16H26F2IN3O2. The molecule has 0 unspecified atom stereocenters. The fraction of sp³-hybridized carbons (Fsp3) is 0.562. The first-order valence-electron chi connectivity index (χ1n) is 7.66. The predicted octanol–water partition coefficient (Wildman–Crippen LogP) is 3.04. The zero-order chi connectivity index (χ0) is 16.9. The van der Waals surface area contributed by atoms with E-state index >= 15 is 0 Å². The van der Waals surface area contributed by atoms with Gasteiger partial charge >= 0.3 is 0 Å². The summed E-state index contributed by atoms with van der Waals surface area (Å²) in [5.74, 6) is 1.14. The quantitative estimate of drug-likeness (QED) is 0.246. The van der Waals surface area contributed by atoms with Crippen molar-refractivity contribution < 1.29 is 18.3 Å². The molecule has 0 spiro atoms. The van der Waals surface area contributed by atoms with E-state index < -0.39 is 13.0 Å². The highest BCUT2D eigenvalue weighted by atomic mass is 127. The molecule has 0 atom stereocenters. The van der Waals surface area contributed by atoms with E-state index in [9.17, 15) is 8.78 Å². The Balaban J connectivity index is 0.00000529. The van der Waals surface area contributed by atoms with Crippen molar-refractivity contribution in [2.45, 2.75) is 26.3 Å². The van der Waals surface area contributed by atoms with Gasteiger partial charge in [-0.2, -0.15) is 0 Å². The summed E-state index contributed by atoms with van der Waals surface area (Å²) in [6.07, 6.45) is -1.64. The lowest BCUT2D eigenvalue weighted by atomic mass is 10.2. The molecular weight excluding hydrogens is 431 g/mol. The second-order valence-corrected chi connectivity index (χ2v) is 4.76. The summed E-state index contributed by atoms with van der Waals surface area (Å²) in [5.41, 5.74) is 0.971. The van der Waals surface area contributed by atoms with E-state index in [4.69, 9.17) is 9.47 Å². The number of benzene rings is 1. The first kappa shape index (κ1) is 22.8. The molecule has 0 saturated carbocycles. The average Bonchev–Trinajstić information content (AvgIpc) is 2.56. The molecule has 0 aliphatic heterocycles. The van der Waals surface area contributed by atoms with Gasteiger partial charge < -0.3 is 20.1 Å². The summed E-state index contributed by atoms with van der Waals surface area (Å²) >= 11 is 0. The second kappa shape index (κ2) is 14.2. The zero-order valence-corrected chi connectivity index (χ0v) is 16.4. The van der Waals surface area contributed by atoms with Crippen molar-refractivity contribution in [1.29, 1.82) is 0 Å². The molecule has 1 aromatic carbocycles. The summed E-state index contributed by atoms with van der Waals surface area (Å²) in [5, 5.41) is 5.65. The molecule has 24 heavy (non-hydrogen) atoms. The number of methoxy groups -OCH3 is 1. The molecule has 8 heteroatoms. The number of hydrogen-bond donors (Lipinski definition) is 2. The number of nitrogens with zero attached hydrogens (tertiary/aromatic N) is 1. The Bertz CT molecular complexity index is 459. The van der Waals surface area contributed by atoms with Gasteiger partial charge in [0.2, 0.25) is 0 Å². The molecule has 0 fully saturated rings. The van der Waals surface area contributed by atoms with Crippen molar-refractivity contribution in [1.82, 2.24) is 10.6 Å². The van der Waals surface area contributed by atoms with Crippen LogP contribution in [0.15, 0.2) is 29.3 Å². The summed E-state index contributed by atoms with van der Waals surface area (Å²) in [4.78, 5) is 4.32. The van der Waals surface area contributed by atoms with Crippen LogP contribution in [0.25, 0.3) is 0 Å². The molecule has 2 N–H and O–H groups in total. The fourth-order valence-electron chi connectivity index (χ4n) is 1.77. The molecule has 0 aliphatic carbocycles. The molecule has 0 heterocycles. The van der Waals surface area contributed by atoms with Gasteiger partial charge in [-0.3, -0.25) is 0 Å². The van der Waals surface area contributed by atoms with Crippen LogP contribution < -0.4 is 15.4 Å². The third-order valence-electron chi connectivity index (χ3n) is 2.96. The number of aliphatic imine (C=N–C) groups is 1. The molecule has 0 radical (unpaired) electrons. The van der Waals surface area contributed by atoms with E-state index in [1.807, 2.05) is 31.2 Å². The van der Waals surface area contributed by atoms with Gasteiger partial charge in [0, 0.05) is 19.8 Å². The molecule has 1 rings (SSSR count). The van der Waals surface area contributed by atoms with Gasteiger partial charge in [-0.05, 0) is 31.0 Å². The summed E-state index contributed by atoms with van der Waals surface area (Å²) in [6, 6.07) is 7.46. The van der Waals surface area contributed by atoms with E-state index in [1.165, 1.54) is 0 Å². The Morgan fingerprint density at radius 1 is 1.21 bits per heavy atom. The van der Waals surface area contributed by atoms with Crippen LogP contribution in [0, 0.1) is 0 Å². The lowest BCUT2D eigenvalue weighted by Gasteiger charge is -2.12. The summed E-state index contributed by atoms with van der Waals surface area (Å²) in [6.45, 7) is 3.80. The average molecular weight is 457 g/mol. The van der Waals surface area contributed by atoms with Gasteiger partial charge in [-0.1, -0.05) is 12.1 Å². The number of guanidine groups is 1. The lowest BCUT2D eigenvalue weighted by Crippen LogP contribution is -2.40. The van der Waals surface area contributed by atoms with Crippen molar-refractivity contribution in [3.8, 4) is 5.75 Å². The molecule has 0 aromatic heterocycles. The smallest absolute Gasteiger partial charge is 0.255 e. The predicted molar refractivity (Wildman–Crippen MR) is 103 cm³/mol. The van der Waals surface area contributed by atoms with Crippen molar-refractivity contribution in [2.75, 3.05) is 33.4 Å². The van der Waals surface area contributed by atoms with Crippen LogP contribution in [-0.2, 0) is 11.3 Å². The minimum absolute atomic E-state index is 0. The molecule has 0 saturated heterocycles. The van der Waals surface area contributed by atoms with Gasteiger partial charge in [-0.15, -0.1) is 24.0 Å². The Kier molecular flexibility index (Phi) is 13.5. The van der Waals surface area contributed by atoms with E-state index in [1.54, 1.807) is 7.11 Å². The van der Waals surface area contributed by atoms with Crippen LogP contribution in [0.5, 0.6) is 5.75 Å². The van der Waals surface area contributed by atoms with E-state index in [0.717, 1.165) is 17.7 Å². The molecule has 0 bridgehead atoms. The Morgan fingerprint density at radius 2 is 1.92 bits per heavy atom. The molecule has 5 nitrogen and oxygen atoms in total. The third-order valence-corrected chi connectivity index (χ3v) is 2.96. The normalized spacial score (nSPS) is 11.1. The number of nitrogens with one attached hydrogen (secondary N) is 2. The minimum Gasteiger partial charge on any atom is -0.497 e. The highest BCUT2D eigenvalue weighted by molar-refractivity contribution is 14.0. The van der Waals surface area contributed by atoms with E-state index in [0.29, 0.717) is 32.3 Å². The molecule has 0 amide bonds. The van der Waals surface area contributed by atoms with Gasteiger partial charge in [0.15, 0.2) is 5.96 Å². The van der Waals surface area contributed by atoms with Crippen LogP contribution in [0.2, 0.25) is 0 Å². The van der Waals surface area contributed by atoms with E-state index in [2.05, 4.69) is 15.6 Å². The monoisotopic (exact) mass is 457 g/mol. The minimum atomic E-state index is -2.42. The largest absolute Gasteiger partial charge is 0.497 e. The van der Waals surface area contributed by atoms with Gasteiger partial charge in [-0.25, -0.2) is 13.8 Å². The van der Waals surface area contributed by atoms with Crippen LogP contribution in [0.4, 0.5) is 8.78 Å². The number of alkyl halides is 2. The van der Waals surface area contributed by atoms with Crippen LogP contribution in [0.1, 0.15) is 18.9 Å². The zero-order valence-electron chi connectivity index (χ0n) is 14.1. The van der Waals surface area contributed by atoms with Crippen LogP contribution in [0.3, 0.4) is 0 Å². The van der Waals surface area contributed by atoms with Crippen molar-refractivity contribution in [3.63, 3.8) is 0 Å². The number of rotatable bonds is 10. The maximum absolute atomic E-state index is 12.4. The van der Waals surface area contributed by atoms with Crippen LogP contribution in [-0.4, -0.2) is 45.8 Å². The second-order valence-electron chi connectivity index (χ2n) is 4.76. The highest BCUT2D eigenvalue weighted by Crippen LogP contribution is 2.11. The number of ether oxygens (including phenoxy) is 2.